The molecule has 0 rings (SSSR count). The second-order valence-electron chi connectivity index (χ2n) is 5.55. The molecule has 0 saturated carbocycles. The Morgan fingerprint density at radius 1 is 1.04 bits per heavy atom. The van der Waals surface area contributed by atoms with Gasteiger partial charge < -0.3 is 24.8 Å². The lowest BCUT2D eigenvalue weighted by atomic mass is 10.3. The van der Waals surface area contributed by atoms with E-state index in [1.54, 1.807) is 0 Å². The second kappa shape index (κ2) is 15.3. The smallest absolute Gasteiger partial charge is 0.246 e. The van der Waals surface area contributed by atoms with Crippen LogP contribution in [0.2, 0.25) is 0 Å². The maximum atomic E-state index is 13.4. The van der Waals surface area contributed by atoms with Crippen molar-refractivity contribution < 1.29 is 28.2 Å². The second-order valence-corrected chi connectivity index (χ2v) is 5.55. The SMILES string of the molecule is CCCC(=O)NCC(F)COCCOCCNC(=O)COC(C)C. The van der Waals surface area contributed by atoms with Gasteiger partial charge in [-0.05, 0) is 20.3 Å². The predicted molar refractivity (Wildman–Crippen MR) is 88.5 cm³/mol. The van der Waals surface area contributed by atoms with E-state index in [9.17, 15) is 14.0 Å². The van der Waals surface area contributed by atoms with Gasteiger partial charge in [-0.15, -0.1) is 0 Å². The van der Waals surface area contributed by atoms with Crippen molar-refractivity contribution in [3.8, 4) is 0 Å². The van der Waals surface area contributed by atoms with Crippen molar-refractivity contribution in [3.05, 3.63) is 0 Å². The topological polar surface area (TPSA) is 85.9 Å². The number of hydrogen-bond donors (Lipinski definition) is 2. The van der Waals surface area contributed by atoms with Gasteiger partial charge in [-0.2, -0.15) is 0 Å². The summed E-state index contributed by atoms with van der Waals surface area (Å²) in [6.45, 7) is 6.82. The molecule has 0 heterocycles. The zero-order valence-corrected chi connectivity index (χ0v) is 14.9. The first-order valence-corrected chi connectivity index (χ1v) is 8.40. The Labute approximate surface area is 143 Å². The van der Waals surface area contributed by atoms with Crippen LogP contribution in [-0.4, -0.2) is 70.2 Å². The molecule has 0 aromatic carbocycles. The van der Waals surface area contributed by atoms with Gasteiger partial charge in [0.15, 0.2) is 0 Å². The normalized spacial score (nSPS) is 12.2. The van der Waals surface area contributed by atoms with Gasteiger partial charge in [0.1, 0.15) is 12.8 Å². The Morgan fingerprint density at radius 2 is 1.75 bits per heavy atom. The fraction of sp³-hybridized carbons (Fsp3) is 0.875. The van der Waals surface area contributed by atoms with Crippen molar-refractivity contribution in [1.29, 1.82) is 0 Å². The predicted octanol–water partition coefficient (Wildman–Crippen LogP) is 0.815. The Bertz CT molecular complexity index is 342. The molecular weight excluding hydrogens is 319 g/mol. The van der Waals surface area contributed by atoms with Crippen molar-refractivity contribution in [2.45, 2.75) is 45.9 Å². The highest BCUT2D eigenvalue weighted by molar-refractivity contribution is 5.77. The molecule has 0 spiro atoms. The molecule has 0 bridgehead atoms. The van der Waals surface area contributed by atoms with Gasteiger partial charge in [0.25, 0.3) is 0 Å². The zero-order valence-electron chi connectivity index (χ0n) is 14.9. The summed E-state index contributed by atoms with van der Waals surface area (Å²) in [5.41, 5.74) is 0. The van der Waals surface area contributed by atoms with Gasteiger partial charge in [0.05, 0.1) is 39.1 Å². The minimum absolute atomic E-state index is 0.0171. The highest BCUT2D eigenvalue weighted by Crippen LogP contribution is 1.93. The van der Waals surface area contributed by atoms with Gasteiger partial charge in [0, 0.05) is 13.0 Å². The first kappa shape index (κ1) is 22.8. The summed E-state index contributed by atoms with van der Waals surface area (Å²) in [6.07, 6.45) is -0.0712. The van der Waals surface area contributed by atoms with Crippen molar-refractivity contribution >= 4 is 11.8 Å². The van der Waals surface area contributed by atoms with Crippen LogP contribution >= 0.6 is 0 Å². The van der Waals surface area contributed by atoms with Crippen LogP contribution in [0.4, 0.5) is 4.39 Å². The fourth-order valence-electron chi connectivity index (χ4n) is 1.59. The molecule has 24 heavy (non-hydrogen) atoms. The maximum Gasteiger partial charge on any atom is 0.246 e. The largest absolute Gasteiger partial charge is 0.377 e. The molecule has 0 fully saturated rings. The molecule has 0 aromatic rings. The molecule has 0 aliphatic rings. The van der Waals surface area contributed by atoms with Crippen LogP contribution < -0.4 is 10.6 Å². The van der Waals surface area contributed by atoms with Crippen LogP contribution in [-0.2, 0) is 23.8 Å². The first-order chi connectivity index (χ1) is 11.5. The summed E-state index contributed by atoms with van der Waals surface area (Å²) < 4.78 is 28.9. The van der Waals surface area contributed by atoms with Crippen LogP contribution in [0, 0.1) is 0 Å². The number of rotatable bonds is 15. The Balaban J connectivity index is 3.35. The third kappa shape index (κ3) is 15.6. The molecule has 0 saturated heterocycles. The van der Waals surface area contributed by atoms with E-state index in [1.807, 2.05) is 20.8 Å². The number of alkyl halides is 1. The molecule has 8 heteroatoms. The molecule has 2 N–H and O–H groups in total. The number of amides is 2. The summed E-state index contributed by atoms with van der Waals surface area (Å²) in [5.74, 6) is -0.335. The van der Waals surface area contributed by atoms with Gasteiger partial charge in [-0.3, -0.25) is 9.59 Å². The lowest BCUT2D eigenvalue weighted by Gasteiger charge is -2.11. The minimum Gasteiger partial charge on any atom is -0.377 e. The van der Waals surface area contributed by atoms with Crippen molar-refractivity contribution in [2.75, 3.05) is 46.1 Å². The third-order valence-corrected chi connectivity index (χ3v) is 2.78. The number of hydrogen-bond acceptors (Lipinski definition) is 5. The zero-order chi connectivity index (χ0) is 18.2. The fourth-order valence-corrected chi connectivity index (χ4v) is 1.59. The van der Waals surface area contributed by atoms with Crippen molar-refractivity contribution in [2.24, 2.45) is 0 Å². The third-order valence-electron chi connectivity index (χ3n) is 2.78. The molecule has 0 aliphatic carbocycles. The average molecular weight is 350 g/mol. The molecule has 0 aromatic heterocycles. The first-order valence-electron chi connectivity index (χ1n) is 8.40. The van der Waals surface area contributed by atoms with E-state index in [0.717, 1.165) is 6.42 Å². The Hall–Kier alpha value is -1.25. The van der Waals surface area contributed by atoms with Crippen LogP contribution in [0.3, 0.4) is 0 Å². The van der Waals surface area contributed by atoms with Crippen LogP contribution in [0.25, 0.3) is 0 Å². The molecule has 1 unspecified atom stereocenters. The Kier molecular flexibility index (Phi) is 14.5. The number of carbonyl (C=O) groups is 2. The molecular formula is C16H31FN2O5. The number of halogens is 1. The summed E-state index contributed by atoms with van der Waals surface area (Å²) >= 11 is 0. The molecule has 0 aliphatic heterocycles. The van der Waals surface area contributed by atoms with E-state index in [-0.39, 0.29) is 44.3 Å². The van der Waals surface area contributed by atoms with E-state index in [1.165, 1.54) is 0 Å². The van der Waals surface area contributed by atoms with E-state index >= 15 is 0 Å². The number of carbonyl (C=O) groups excluding carboxylic acids is 2. The monoisotopic (exact) mass is 350 g/mol. The quantitative estimate of drug-likeness (QED) is 0.427. The Morgan fingerprint density at radius 3 is 2.42 bits per heavy atom. The van der Waals surface area contributed by atoms with E-state index in [2.05, 4.69) is 10.6 Å². The van der Waals surface area contributed by atoms with Crippen LogP contribution in [0.15, 0.2) is 0 Å². The summed E-state index contributed by atoms with van der Waals surface area (Å²) in [4.78, 5) is 22.5. The highest BCUT2D eigenvalue weighted by atomic mass is 19.1. The minimum atomic E-state index is -1.23. The highest BCUT2D eigenvalue weighted by Gasteiger charge is 2.08. The summed E-state index contributed by atoms with van der Waals surface area (Å²) in [5, 5.41) is 5.16. The molecule has 142 valence electrons. The summed E-state index contributed by atoms with van der Waals surface area (Å²) in [7, 11) is 0. The van der Waals surface area contributed by atoms with Gasteiger partial charge in [-0.25, -0.2) is 4.39 Å². The van der Waals surface area contributed by atoms with E-state index in [0.29, 0.717) is 26.2 Å². The van der Waals surface area contributed by atoms with Crippen LogP contribution in [0.5, 0.6) is 0 Å². The average Bonchev–Trinajstić information content (AvgIpc) is 2.53. The van der Waals surface area contributed by atoms with Crippen LogP contribution in [0.1, 0.15) is 33.6 Å². The lowest BCUT2D eigenvalue weighted by Crippen LogP contribution is -2.32. The van der Waals surface area contributed by atoms with Gasteiger partial charge in [0.2, 0.25) is 11.8 Å². The molecule has 7 nitrogen and oxygen atoms in total. The van der Waals surface area contributed by atoms with Crippen molar-refractivity contribution in [1.82, 2.24) is 10.6 Å². The molecule has 0 radical (unpaired) electrons. The standard InChI is InChI=1S/C16H31FN2O5/c1-4-5-15(20)19-10-14(17)11-23-9-8-22-7-6-18-16(21)12-24-13(2)3/h13-14H,4-12H2,1-3H3,(H,18,21)(H,19,20). The van der Waals surface area contributed by atoms with E-state index in [4.69, 9.17) is 14.2 Å². The number of nitrogens with one attached hydrogen (secondary N) is 2. The maximum absolute atomic E-state index is 13.4. The summed E-state index contributed by atoms with van der Waals surface area (Å²) in [6, 6.07) is 0. The number of ether oxygens (including phenoxy) is 3. The lowest BCUT2D eigenvalue weighted by molar-refractivity contribution is -0.127. The molecule has 2 amide bonds. The van der Waals surface area contributed by atoms with E-state index < -0.39 is 6.17 Å². The van der Waals surface area contributed by atoms with Gasteiger partial charge >= 0.3 is 0 Å². The van der Waals surface area contributed by atoms with Gasteiger partial charge in [-0.1, -0.05) is 6.92 Å². The van der Waals surface area contributed by atoms with Crippen molar-refractivity contribution in [3.63, 3.8) is 0 Å². The molecule has 1 atom stereocenters.